The van der Waals surface area contributed by atoms with Crippen molar-refractivity contribution in [2.24, 2.45) is 0 Å². The third-order valence-corrected chi connectivity index (χ3v) is 5.04. The zero-order chi connectivity index (χ0) is 16.6. The lowest BCUT2D eigenvalue weighted by Crippen LogP contribution is -2.33. The molecule has 0 aliphatic carbocycles. The molecule has 2 aromatic carbocycles. The van der Waals surface area contributed by atoms with Gasteiger partial charge in [-0.25, -0.2) is 4.79 Å². The van der Waals surface area contributed by atoms with Gasteiger partial charge in [-0.15, -0.1) is 0 Å². The second-order valence-electron chi connectivity index (χ2n) is 5.07. The summed E-state index contributed by atoms with van der Waals surface area (Å²) in [6, 6.07) is 10.7. The molecule has 23 heavy (non-hydrogen) atoms. The number of hydrogen-bond donors (Lipinski definition) is 2. The van der Waals surface area contributed by atoms with Gasteiger partial charge < -0.3 is 15.3 Å². The Bertz CT molecular complexity index is 813. The van der Waals surface area contributed by atoms with E-state index in [1.807, 2.05) is 23.1 Å². The molecular weight excluding hydrogens is 400 g/mol. The third-order valence-electron chi connectivity index (χ3n) is 3.67. The molecule has 0 fully saturated rings. The van der Waals surface area contributed by atoms with E-state index >= 15 is 0 Å². The molecule has 1 heterocycles. The van der Waals surface area contributed by atoms with Crippen LogP contribution >= 0.6 is 39.7 Å². The normalized spacial score (nSPS) is 12.9. The van der Waals surface area contributed by atoms with Gasteiger partial charge in [0.2, 0.25) is 0 Å². The number of nitrogens with one attached hydrogen (secondary N) is 1. The highest BCUT2D eigenvalue weighted by Gasteiger charge is 2.24. The first-order valence-corrected chi connectivity index (χ1v) is 8.44. The lowest BCUT2D eigenvalue weighted by atomic mass is 10.2. The second kappa shape index (κ2) is 6.47. The molecule has 118 valence electrons. The molecule has 0 bridgehead atoms. The second-order valence-corrected chi connectivity index (χ2v) is 6.72. The lowest BCUT2D eigenvalue weighted by Gasteiger charge is -2.21. The van der Waals surface area contributed by atoms with Gasteiger partial charge in [-0.3, -0.25) is 0 Å². The van der Waals surface area contributed by atoms with Crippen LogP contribution in [0.2, 0.25) is 5.02 Å². The van der Waals surface area contributed by atoms with E-state index < -0.39 is 5.97 Å². The zero-order valence-electron chi connectivity index (χ0n) is 11.8. The number of anilines is 2. The molecule has 0 saturated carbocycles. The number of carboxylic acid groups (broad SMARTS) is 1. The van der Waals surface area contributed by atoms with Crippen molar-refractivity contribution in [1.82, 2.24) is 0 Å². The van der Waals surface area contributed by atoms with Crippen LogP contribution in [0.25, 0.3) is 0 Å². The van der Waals surface area contributed by atoms with E-state index in [2.05, 4.69) is 21.2 Å². The molecule has 2 aromatic rings. The van der Waals surface area contributed by atoms with E-state index in [9.17, 15) is 4.79 Å². The highest BCUT2D eigenvalue weighted by molar-refractivity contribution is 9.10. The average Bonchev–Trinajstić information content (AvgIpc) is 2.92. The van der Waals surface area contributed by atoms with E-state index in [1.54, 1.807) is 12.1 Å². The van der Waals surface area contributed by atoms with Crippen LogP contribution in [0.15, 0.2) is 40.9 Å². The summed E-state index contributed by atoms with van der Waals surface area (Å²) < 4.78 is 1.08. The maximum atomic E-state index is 11.0. The fourth-order valence-electron chi connectivity index (χ4n) is 2.56. The van der Waals surface area contributed by atoms with Gasteiger partial charge in [0, 0.05) is 22.4 Å². The standard InChI is InChI=1S/C16H12BrClN2O2S/c17-12-2-1-3-14-10(12)6-7-20(14)16(23)19-9-4-5-11(15(21)22)13(18)8-9/h1-5,8H,6-7H2,(H,19,23)(H,21,22). The van der Waals surface area contributed by atoms with Gasteiger partial charge in [-0.2, -0.15) is 0 Å². The molecule has 0 radical (unpaired) electrons. The summed E-state index contributed by atoms with van der Waals surface area (Å²) >= 11 is 15.0. The summed E-state index contributed by atoms with van der Waals surface area (Å²) in [5, 5.41) is 12.9. The predicted octanol–water partition coefficient (Wildman–Crippen LogP) is 4.56. The number of nitrogens with zero attached hydrogens (tertiary/aromatic N) is 1. The summed E-state index contributed by atoms with van der Waals surface area (Å²) in [7, 11) is 0. The SMILES string of the molecule is O=C(O)c1ccc(NC(=S)N2CCc3c(Br)cccc32)cc1Cl. The van der Waals surface area contributed by atoms with Gasteiger partial charge in [-0.1, -0.05) is 33.6 Å². The van der Waals surface area contributed by atoms with Crippen molar-refractivity contribution in [3.8, 4) is 0 Å². The summed E-state index contributed by atoms with van der Waals surface area (Å²) in [6.45, 7) is 0.796. The van der Waals surface area contributed by atoms with Crippen LogP contribution in [-0.2, 0) is 6.42 Å². The van der Waals surface area contributed by atoms with E-state index in [4.69, 9.17) is 28.9 Å². The van der Waals surface area contributed by atoms with Crippen LogP contribution in [0.5, 0.6) is 0 Å². The van der Waals surface area contributed by atoms with E-state index in [-0.39, 0.29) is 10.6 Å². The number of carbonyl (C=O) groups is 1. The zero-order valence-corrected chi connectivity index (χ0v) is 15.0. The Morgan fingerprint density at radius 1 is 1.35 bits per heavy atom. The smallest absolute Gasteiger partial charge is 0.337 e. The number of aromatic carboxylic acids is 1. The Morgan fingerprint density at radius 3 is 2.83 bits per heavy atom. The van der Waals surface area contributed by atoms with Crippen molar-refractivity contribution >= 4 is 62.2 Å². The van der Waals surface area contributed by atoms with E-state index in [0.717, 1.165) is 23.1 Å². The van der Waals surface area contributed by atoms with Gasteiger partial charge in [0.25, 0.3) is 0 Å². The fraction of sp³-hybridized carbons (Fsp3) is 0.125. The predicted molar refractivity (Wildman–Crippen MR) is 99.8 cm³/mol. The summed E-state index contributed by atoms with van der Waals surface area (Å²) in [5.74, 6) is -1.05. The van der Waals surface area contributed by atoms with Crippen molar-refractivity contribution < 1.29 is 9.90 Å². The van der Waals surface area contributed by atoms with Crippen LogP contribution in [0.3, 0.4) is 0 Å². The summed E-state index contributed by atoms with van der Waals surface area (Å²) in [5.41, 5.74) is 3.04. The molecule has 2 N–H and O–H groups in total. The van der Waals surface area contributed by atoms with Gasteiger partial charge >= 0.3 is 5.97 Å². The highest BCUT2D eigenvalue weighted by atomic mass is 79.9. The Morgan fingerprint density at radius 2 is 2.13 bits per heavy atom. The van der Waals surface area contributed by atoms with Gasteiger partial charge in [-0.05, 0) is 54.5 Å². The van der Waals surface area contributed by atoms with Crippen molar-refractivity contribution in [3.63, 3.8) is 0 Å². The van der Waals surface area contributed by atoms with Gasteiger partial charge in [0.15, 0.2) is 5.11 Å². The number of hydrogen-bond acceptors (Lipinski definition) is 2. The molecule has 0 saturated heterocycles. The van der Waals surface area contributed by atoms with Crippen molar-refractivity contribution in [2.45, 2.75) is 6.42 Å². The first-order valence-electron chi connectivity index (χ1n) is 6.86. The van der Waals surface area contributed by atoms with Gasteiger partial charge in [0.05, 0.1) is 10.6 Å². The molecule has 0 spiro atoms. The monoisotopic (exact) mass is 410 g/mol. The Labute approximate surface area is 152 Å². The van der Waals surface area contributed by atoms with Crippen molar-refractivity contribution in [3.05, 3.63) is 57.0 Å². The number of thiocarbonyl (C=S) groups is 1. The van der Waals surface area contributed by atoms with E-state index in [0.29, 0.717) is 10.8 Å². The van der Waals surface area contributed by atoms with Crippen molar-refractivity contribution in [2.75, 3.05) is 16.8 Å². The minimum atomic E-state index is -1.05. The number of benzene rings is 2. The molecule has 0 unspecified atom stereocenters. The fourth-order valence-corrected chi connectivity index (χ4v) is 3.68. The van der Waals surface area contributed by atoms with E-state index in [1.165, 1.54) is 11.6 Å². The molecule has 1 aliphatic heterocycles. The Balaban J connectivity index is 1.80. The first kappa shape index (κ1) is 16.2. The molecule has 0 aromatic heterocycles. The topological polar surface area (TPSA) is 52.6 Å². The highest BCUT2D eigenvalue weighted by Crippen LogP contribution is 2.34. The first-order chi connectivity index (χ1) is 11.0. The molecule has 7 heteroatoms. The molecule has 0 amide bonds. The van der Waals surface area contributed by atoms with Crippen LogP contribution in [0.1, 0.15) is 15.9 Å². The lowest BCUT2D eigenvalue weighted by molar-refractivity contribution is 0.0697. The quantitative estimate of drug-likeness (QED) is 0.710. The molecular formula is C16H12BrClN2O2S. The van der Waals surface area contributed by atoms with Crippen molar-refractivity contribution in [1.29, 1.82) is 0 Å². The largest absolute Gasteiger partial charge is 0.478 e. The van der Waals surface area contributed by atoms with Crippen LogP contribution in [0, 0.1) is 0 Å². The number of rotatable bonds is 2. The Hall–Kier alpha value is -1.63. The number of fused-ring (bicyclic) bond motifs is 1. The maximum Gasteiger partial charge on any atom is 0.337 e. The summed E-state index contributed by atoms with van der Waals surface area (Å²) in [4.78, 5) is 13.0. The summed E-state index contributed by atoms with van der Waals surface area (Å²) in [6.07, 6.45) is 0.914. The molecule has 1 aliphatic rings. The average molecular weight is 412 g/mol. The minimum Gasteiger partial charge on any atom is -0.478 e. The van der Waals surface area contributed by atoms with Gasteiger partial charge in [0.1, 0.15) is 0 Å². The number of halogens is 2. The Kier molecular flexibility index (Phi) is 4.57. The van der Waals surface area contributed by atoms with Crippen LogP contribution < -0.4 is 10.2 Å². The van der Waals surface area contributed by atoms with Crippen LogP contribution in [0.4, 0.5) is 11.4 Å². The van der Waals surface area contributed by atoms with Crippen LogP contribution in [-0.4, -0.2) is 22.7 Å². The molecule has 4 nitrogen and oxygen atoms in total. The minimum absolute atomic E-state index is 0.0681. The molecule has 0 atom stereocenters. The number of carboxylic acids is 1. The molecule has 3 rings (SSSR count). The maximum absolute atomic E-state index is 11.0. The third kappa shape index (κ3) is 3.20.